The van der Waals surface area contributed by atoms with Gasteiger partial charge < -0.3 is 4.74 Å². The summed E-state index contributed by atoms with van der Waals surface area (Å²) in [6, 6.07) is 8.41. The molecule has 1 aromatic rings. The minimum absolute atomic E-state index is 0.395. The first kappa shape index (κ1) is 17.8. The normalized spacial score (nSPS) is 12.3. The van der Waals surface area contributed by atoms with Crippen LogP contribution in [0.15, 0.2) is 24.3 Å². The van der Waals surface area contributed by atoms with E-state index >= 15 is 0 Å². The minimum Gasteiger partial charge on any atom is -0.490 e. The Balaban J connectivity index is 2.27. The zero-order chi connectivity index (χ0) is 14.6. The zero-order valence-corrected chi connectivity index (χ0v) is 15.2. The topological polar surface area (TPSA) is 9.23 Å². The van der Waals surface area contributed by atoms with E-state index in [1.54, 1.807) is 0 Å². The maximum atomic E-state index is 6.13. The van der Waals surface area contributed by atoms with Crippen LogP contribution in [0.25, 0.3) is 0 Å². The molecular formula is C18H29IO. The van der Waals surface area contributed by atoms with Crippen molar-refractivity contribution in [2.24, 2.45) is 0 Å². The molecule has 1 aromatic carbocycles. The van der Waals surface area contributed by atoms with Gasteiger partial charge in [-0.15, -0.1) is 0 Å². The summed E-state index contributed by atoms with van der Waals surface area (Å²) in [4.78, 5) is 0. The smallest absolute Gasteiger partial charge is 0.119 e. The van der Waals surface area contributed by atoms with Gasteiger partial charge in [-0.3, -0.25) is 0 Å². The Labute approximate surface area is 138 Å². The predicted octanol–water partition coefficient (Wildman–Crippen LogP) is 6.59. The summed E-state index contributed by atoms with van der Waals surface area (Å²) < 4.78 is 7.40. The third-order valence-corrected chi connectivity index (χ3v) is 4.33. The fourth-order valence-electron chi connectivity index (χ4n) is 2.44. The molecule has 1 unspecified atom stereocenters. The van der Waals surface area contributed by atoms with Crippen LogP contribution >= 0.6 is 22.6 Å². The Hall–Kier alpha value is -0.250. The van der Waals surface area contributed by atoms with Crippen molar-refractivity contribution in [3.63, 3.8) is 0 Å². The first-order valence-electron chi connectivity index (χ1n) is 8.18. The van der Waals surface area contributed by atoms with Crippen LogP contribution in [0.3, 0.4) is 0 Å². The van der Waals surface area contributed by atoms with Crippen molar-refractivity contribution in [1.29, 1.82) is 0 Å². The second kappa shape index (κ2) is 11.4. The molecule has 0 amide bonds. The molecule has 0 aliphatic carbocycles. The Morgan fingerprint density at radius 2 is 1.50 bits per heavy atom. The summed E-state index contributed by atoms with van der Waals surface area (Å²) in [6.45, 7) is 4.51. The van der Waals surface area contributed by atoms with Crippen molar-refractivity contribution in [3.05, 3.63) is 27.8 Å². The molecule has 0 bridgehead atoms. The first-order valence-corrected chi connectivity index (χ1v) is 9.26. The van der Waals surface area contributed by atoms with Crippen LogP contribution in [0.2, 0.25) is 0 Å². The molecule has 0 spiro atoms. The van der Waals surface area contributed by atoms with Gasteiger partial charge in [0.2, 0.25) is 0 Å². The van der Waals surface area contributed by atoms with E-state index in [2.05, 4.69) is 60.7 Å². The maximum absolute atomic E-state index is 6.13. The standard InChI is InChI=1S/C18H29IO/c1-3-5-6-7-8-9-11-17(10-4-2)20-18-14-12-16(19)13-15-18/h12-15,17H,3-11H2,1-2H3. The fourth-order valence-corrected chi connectivity index (χ4v) is 2.80. The van der Waals surface area contributed by atoms with Gasteiger partial charge in [0.25, 0.3) is 0 Å². The second-order valence-corrected chi connectivity index (χ2v) is 6.78. The fraction of sp³-hybridized carbons (Fsp3) is 0.667. The number of benzene rings is 1. The van der Waals surface area contributed by atoms with Crippen LogP contribution < -0.4 is 4.74 Å². The molecule has 1 nitrogen and oxygen atoms in total. The van der Waals surface area contributed by atoms with Gasteiger partial charge in [-0.05, 0) is 66.1 Å². The summed E-state index contributed by atoms with van der Waals surface area (Å²) in [5, 5.41) is 0. The SMILES string of the molecule is CCCCCCCCC(CCC)Oc1ccc(I)cc1. The zero-order valence-electron chi connectivity index (χ0n) is 13.0. The van der Waals surface area contributed by atoms with Gasteiger partial charge in [-0.2, -0.15) is 0 Å². The number of halogens is 1. The molecule has 0 heterocycles. The summed E-state index contributed by atoms with van der Waals surface area (Å²) >= 11 is 2.33. The molecule has 0 N–H and O–H groups in total. The predicted molar refractivity (Wildman–Crippen MR) is 96.5 cm³/mol. The molecule has 0 aliphatic heterocycles. The van der Waals surface area contributed by atoms with Crippen molar-refractivity contribution >= 4 is 22.6 Å². The van der Waals surface area contributed by atoms with E-state index in [9.17, 15) is 0 Å². The Morgan fingerprint density at radius 1 is 0.850 bits per heavy atom. The van der Waals surface area contributed by atoms with E-state index in [-0.39, 0.29) is 0 Å². The van der Waals surface area contributed by atoms with Gasteiger partial charge in [-0.25, -0.2) is 0 Å². The van der Waals surface area contributed by atoms with Crippen LogP contribution in [0, 0.1) is 3.57 Å². The third kappa shape index (κ3) is 8.13. The highest BCUT2D eigenvalue weighted by atomic mass is 127. The van der Waals surface area contributed by atoms with Gasteiger partial charge in [-0.1, -0.05) is 52.4 Å². The lowest BCUT2D eigenvalue weighted by Gasteiger charge is -2.18. The largest absolute Gasteiger partial charge is 0.490 e. The molecule has 2 heteroatoms. The summed E-state index contributed by atoms with van der Waals surface area (Å²) in [7, 11) is 0. The molecule has 1 rings (SSSR count). The van der Waals surface area contributed by atoms with Gasteiger partial charge in [0.1, 0.15) is 5.75 Å². The Bertz CT molecular complexity index is 334. The lowest BCUT2D eigenvalue weighted by atomic mass is 10.0. The highest BCUT2D eigenvalue weighted by molar-refractivity contribution is 14.1. The van der Waals surface area contributed by atoms with Crippen LogP contribution in [0.1, 0.15) is 71.6 Å². The monoisotopic (exact) mass is 388 g/mol. The van der Waals surface area contributed by atoms with Crippen LogP contribution in [0.4, 0.5) is 0 Å². The van der Waals surface area contributed by atoms with E-state index in [1.165, 1.54) is 61.4 Å². The van der Waals surface area contributed by atoms with E-state index < -0.39 is 0 Å². The molecule has 20 heavy (non-hydrogen) atoms. The number of hydrogen-bond acceptors (Lipinski definition) is 1. The first-order chi connectivity index (χ1) is 9.76. The van der Waals surface area contributed by atoms with E-state index in [0.29, 0.717) is 6.10 Å². The quantitative estimate of drug-likeness (QED) is 0.307. The van der Waals surface area contributed by atoms with Crippen molar-refractivity contribution in [3.8, 4) is 5.75 Å². The Morgan fingerprint density at radius 3 is 2.15 bits per heavy atom. The number of rotatable bonds is 11. The molecule has 114 valence electrons. The molecular weight excluding hydrogens is 359 g/mol. The van der Waals surface area contributed by atoms with E-state index in [4.69, 9.17) is 4.74 Å². The van der Waals surface area contributed by atoms with E-state index in [0.717, 1.165) is 5.75 Å². The summed E-state index contributed by atoms with van der Waals surface area (Å²) in [5.41, 5.74) is 0. The molecule has 1 atom stereocenters. The molecule has 0 saturated carbocycles. The number of ether oxygens (including phenoxy) is 1. The van der Waals surface area contributed by atoms with Crippen molar-refractivity contribution in [2.45, 2.75) is 77.7 Å². The van der Waals surface area contributed by atoms with Crippen LogP contribution in [-0.4, -0.2) is 6.10 Å². The van der Waals surface area contributed by atoms with Gasteiger partial charge in [0, 0.05) is 3.57 Å². The molecule has 0 fully saturated rings. The van der Waals surface area contributed by atoms with Crippen LogP contribution in [-0.2, 0) is 0 Å². The van der Waals surface area contributed by atoms with Crippen LogP contribution in [0.5, 0.6) is 5.75 Å². The Kier molecular flexibility index (Phi) is 10.2. The van der Waals surface area contributed by atoms with Gasteiger partial charge in [0.15, 0.2) is 0 Å². The van der Waals surface area contributed by atoms with Crippen molar-refractivity contribution in [1.82, 2.24) is 0 Å². The molecule has 0 aromatic heterocycles. The summed E-state index contributed by atoms with van der Waals surface area (Å²) in [5.74, 6) is 1.02. The highest BCUT2D eigenvalue weighted by Crippen LogP contribution is 2.20. The molecule has 0 aliphatic rings. The van der Waals surface area contributed by atoms with Gasteiger partial charge in [0.05, 0.1) is 6.10 Å². The minimum atomic E-state index is 0.395. The number of unbranched alkanes of at least 4 members (excludes halogenated alkanes) is 5. The average Bonchev–Trinajstić information content (AvgIpc) is 2.45. The van der Waals surface area contributed by atoms with Crippen molar-refractivity contribution < 1.29 is 4.74 Å². The van der Waals surface area contributed by atoms with Crippen molar-refractivity contribution in [2.75, 3.05) is 0 Å². The maximum Gasteiger partial charge on any atom is 0.119 e. The lowest BCUT2D eigenvalue weighted by Crippen LogP contribution is -2.16. The molecule has 0 saturated heterocycles. The highest BCUT2D eigenvalue weighted by Gasteiger charge is 2.09. The lowest BCUT2D eigenvalue weighted by molar-refractivity contribution is 0.175. The number of hydrogen-bond donors (Lipinski definition) is 0. The average molecular weight is 388 g/mol. The van der Waals surface area contributed by atoms with Gasteiger partial charge >= 0.3 is 0 Å². The molecule has 0 radical (unpaired) electrons. The third-order valence-electron chi connectivity index (χ3n) is 3.61. The summed E-state index contributed by atoms with van der Waals surface area (Å²) in [6.07, 6.45) is 12.1. The van der Waals surface area contributed by atoms with E-state index in [1.807, 2.05) is 0 Å². The second-order valence-electron chi connectivity index (χ2n) is 5.54.